The summed E-state index contributed by atoms with van der Waals surface area (Å²) in [7, 11) is 0. The molecule has 0 fully saturated rings. The van der Waals surface area contributed by atoms with Gasteiger partial charge in [-0.3, -0.25) is 4.79 Å². The zero-order chi connectivity index (χ0) is 12.3. The zero-order valence-electron chi connectivity index (χ0n) is 9.60. The van der Waals surface area contributed by atoms with Crippen molar-refractivity contribution in [3.63, 3.8) is 0 Å². The Balaban J connectivity index is 2.67. The van der Waals surface area contributed by atoms with Gasteiger partial charge in [-0.2, -0.15) is 0 Å². The van der Waals surface area contributed by atoms with Gasteiger partial charge in [0.15, 0.2) is 0 Å². The number of hydrogen-bond donors (Lipinski definition) is 1. The Hall–Kier alpha value is -0.900. The average Bonchev–Trinajstić information content (AvgIpc) is 2.08. The summed E-state index contributed by atoms with van der Waals surface area (Å²) in [6.07, 6.45) is 0.407. The lowest BCUT2D eigenvalue weighted by Crippen LogP contribution is -2.19. The molecule has 1 amide bonds. The van der Waals surface area contributed by atoms with Crippen molar-refractivity contribution in [2.45, 2.75) is 27.2 Å². The van der Waals surface area contributed by atoms with Crippen LogP contribution in [0.15, 0.2) is 22.7 Å². The number of halogens is 2. The first-order valence-electron chi connectivity index (χ1n) is 5.03. The van der Waals surface area contributed by atoms with Gasteiger partial charge in [-0.05, 0) is 39.5 Å². The number of rotatable bonds is 2. The largest absolute Gasteiger partial charge is 0.326 e. The Morgan fingerprint density at radius 1 is 1.44 bits per heavy atom. The number of amides is 1. The van der Waals surface area contributed by atoms with Crippen molar-refractivity contribution < 1.29 is 9.18 Å². The third-order valence-corrected chi connectivity index (χ3v) is 2.54. The van der Waals surface area contributed by atoms with E-state index in [4.69, 9.17) is 0 Å². The van der Waals surface area contributed by atoms with Gasteiger partial charge >= 0.3 is 0 Å². The standard InChI is InChI=1S/C12H15BrFNO/c1-12(2,3)7-11(16)15-8-4-5-9(13)10(14)6-8/h4-6H,7H2,1-3H3,(H,15,16). The highest BCUT2D eigenvalue weighted by Gasteiger charge is 2.16. The molecule has 0 saturated carbocycles. The second-order valence-electron chi connectivity index (χ2n) is 4.91. The minimum Gasteiger partial charge on any atom is -0.326 e. The summed E-state index contributed by atoms with van der Waals surface area (Å²) >= 11 is 3.06. The molecule has 0 heterocycles. The third-order valence-electron chi connectivity index (χ3n) is 1.89. The summed E-state index contributed by atoms with van der Waals surface area (Å²) in [5, 5.41) is 2.67. The molecule has 0 atom stereocenters. The van der Waals surface area contributed by atoms with Crippen molar-refractivity contribution in [1.29, 1.82) is 0 Å². The Morgan fingerprint density at radius 3 is 2.56 bits per heavy atom. The molecule has 2 nitrogen and oxygen atoms in total. The van der Waals surface area contributed by atoms with Crippen LogP contribution >= 0.6 is 15.9 Å². The van der Waals surface area contributed by atoms with Crippen molar-refractivity contribution in [2.24, 2.45) is 5.41 Å². The molecule has 4 heteroatoms. The van der Waals surface area contributed by atoms with E-state index >= 15 is 0 Å². The van der Waals surface area contributed by atoms with E-state index in [-0.39, 0.29) is 17.1 Å². The molecule has 1 N–H and O–H groups in total. The lowest BCUT2D eigenvalue weighted by atomic mass is 9.92. The van der Waals surface area contributed by atoms with Gasteiger partial charge < -0.3 is 5.32 Å². The molecule has 88 valence electrons. The Labute approximate surface area is 103 Å². The molecule has 0 aliphatic carbocycles. The lowest BCUT2D eigenvalue weighted by Gasteiger charge is -2.17. The van der Waals surface area contributed by atoms with Crippen LogP contribution in [-0.4, -0.2) is 5.91 Å². The molecule has 0 aliphatic heterocycles. The zero-order valence-corrected chi connectivity index (χ0v) is 11.2. The number of carbonyl (C=O) groups is 1. The SMILES string of the molecule is CC(C)(C)CC(=O)Nc1ccc(Br)c(F)c1. The molecule has 16 heavy (non-hydrogen) atoms. The molecule has 1 aromatic rings. The predicted molar refractivity (Wildman–Crippen MR) is 66.8 cm³/mol. The van der Waals surface area contributed by atoms with Gasteiger partial charge in [0.05, 0.1) is 4.47 Å². The van der Waals surface area contributed by atoms with E-state index in [1.54, 1.807) is 12.1 Å². The topological polar surface area (TPSA) is 29.1 Å². The molecule has 0 radical (unpaired) electrons. The van der Waals surface area contributed by atoms with Crippen LogP contribution in [0.25, 0.3) is 0 Å². The van der Waals surface area contributed by atoms with E-state index in [0.29, 0.717) is 16.6 Å². The van der Waals surface area contributed by atoms with Gasteiger partial charge in [0, 0.05) is 12.1 Å². The minimum absolute atomic E-state index is 0.0714. The Kier molecular flexibility index (Phi) is 4.08. The first-order valence-corrected chi connectivity index (χ1v) is 5.82. The van der Waals surface area contributed by atoms with Crippen LogP contribution in [0.2, 0.25) is 0 Å². The smallest absolute Gasteiger partial charge is 0.224 e. The molecule has 1 rings (SSSR count). The second kappa shape index (κ2) is 4.95. The third kappa shape index (κ3) is 4.31. The maximum absolute atomic E-state index is 13.2. The normalized spacial score (nSPS) is 11.3. The number of anilines is 1. The van der Waals surface area contributed by atoms with Gasteiger partial charge in [-0.1, -0.05) is 20.8 Å². The highest BCUT2D eigenvalue weighted by Crippen LogP contribution is 2.22. The number of carbonyl (C=O) groups excluding carboxylic acids is 1. The molecule has 0 bridgehead atoms. The van der Waals surface area contributed by atoms with E-state index in [2.05, 4.69) is 21.2 Å². The van der Waals surface area contributed by atoms with Crippen LogP contribution in [0.1, 0.15) is 27.2 Å². The van der Waals surface area contributed by atoms with E-state index in [0.717, 1.165) is 0 Å². The van der Waals surface area contributed by atoms with Crippen LogP contribution in [0.3, 0.4) is 0 Å². The number of benzene rings is 1. The monoisotopic (exact) mass is 287 g/mol. The fraction of sp³-hybridized carbons (Fsp3) is 0.417. The molecule has 0 aliphatic rings. The summed E-state index contributed by atoms with van der Waals surface area (Å²) in [5.74, 6) is -0.484. The number of hydrogen-bond acceptors (Lipinski definition) is 1. The summed E-state index contributed by atoms with van der Waals surface area (Å²) in [6.45, 7) is 5.94. The van der Waals surface area contributed by atoms with Gasteiger partial charge in [-0.25, -0.2) is 4.39 Å². The first kappa shape index (κ1) is 13.2. The highest BCUT2D eigenvalue weighted by atomic mass is 79.9. The van der Waals surface area contributed by atoms with E-state index < -0.39 is 0 Å². The Morgan fingerprint density at radius 2 is 2.06 bits per heavy atom. The van der Waals surface area contributed by atoms with E-state index in [1.165, 1.54) is 6.07 Å². The predicted octanol–water partition coefficient (Wildman–Crippen LogP) is 3.96. The van der Waals surface area contributed by atoms with Crippen LogP contribution < -0.4 is 5.32 Å². The van der Waals surface area contributed by atoms with Gasteiger partial charge in [-0.15, -0.1) is 0 Å². The van der Waals surface area contributed by atoms with Crippen LogP contribution in [0, 0.1) is 11.2 Å². The quantitative estimate of drug-likeness (QED) is 0.876. The summed E-state index contributed by atoms with van der Waals surface area (Å²) < 4.78 is 13.6. The van der Waals surface area contributed by atoms with Crippen molar-refractivity contribution in [3.05, 3.63) is 28.5 Å². The van der Waals surface area contributed by atoms with Gasteiger partial charge in [0.2, 0.25) is 5.91 Å². The second-order valence-corrected chi connectivity index (χ2v) is 5.77. The van der Waals surface area contributed by atoms with Crippen LogP contribution in [0.4, 0.5) is 10.1 Å². The van der Waals surface area contributed by atoms with Crippen LogP contribution in [-0.2, 0) is 4.79 Å². The molecule has 1 aromatic carbocycles. The first-order chi connectivity index (χ1) is 7.28. The van der Waals surface area contributed by atoms with Crippen LogP contribution in [0.5, 0.6) is 0 Å². The lowest BCUT2D eigenvalue weighted by molar-refractivity contribution is -0.117. The molecule has 0 aromatic heterocycles. The van der Waals surface area contributed by atoms with Gasteiger partial charge in [0.25, 0.3) is 0 Å². The maximum Gasteiger partial charge on any atom is 0.224 e. The average molecular weight is 288 g/mol. The Bertz CT molecular complexity index is 398. The maximum atomic E-state index is 13.2. The molecule has 0 unspecified atom stereocenters. The fourth-order valence-corrected chi connectivity index (χ4v) is 1.51. The molecule has 0 saturated heterocycles. The minimum atomic E-state index is -0.381. The molecular formula is C12H15BrFNO. The van der Waals surface area contributed by atoms with E-state index in [1.807, 2.05) is 20.8 Å². The summed E-state index contributed by atoms with van der Waals surface area (Å²) in [6, 6.07) is 4.53. The van der Waals surface area contributed by atoms with Crippen molar-refractivity contribution in [3.8, 4) is 0 Å². The van der Waals surface area contributed by atoms with Gasteiger partial charge in [0.1, 0.15) is 5.82 Å². The van der Waals surface area contributed by atoms with E-state index in [9.17, 15) is 9.18 Å². The highest BCUT2D eigenvalue weighted by molar-refractivity contribution is 9.10. The van der Waals surface area contributed by atoms with Crippen molar-refractivity contribution in [1.82, 2.24) is 0 Å². The van der Waals surface area contributed by atoms with Crippen molar-refractivity contribution in [2.75, 3.05) is 5.32 Å². The molecule has 0 spiro atoms. The summed E-state index contributed by atoms with van der Waals surface area (Å²) in [5.41, 5.74) is 0.410. The van der Waals surface area contributed by atoms with Crippen molar-refractivity contribution >= 4 is 27.5 Å². The number of nitrogens with one attached hydrogen (secondary N) is 1. The fourth-order valence-electron chi connectivity index (χ4n) is 1.26. The summed E-state index contributed by atoms with van der Waals surface area (Å²) in [4.78, 5) is 11.6. The molecular weight excluding hydrogens is 273 g/mol.